The number of hydrazine groups is 1. The molecule has 5 nitrogen and oxygen atoms in total. The molecule has 1 heterocycles. The van der Waals surface area contributed by atoms with Crippen LogP contribution in [0.2, 0.25) is 0 Å². The van der Waals surface area contributed by atoms with Crippen molar-refractivity contribution in [2.75, 3.05) is 5.43 Å². The molecule has 0 saturated heterocycles. The van der Waals surface area contributed by atoms with Crippen molar-refractivity contribution < 1.29 is 18.0 Å². The number of nitrogens with two attached hydrogens (primary N) is 1. The summed E-state index contributed by atoms with van der Waals surface area (Å²) in [5, 5.41) is 4.23. The van der Waals surface area contributed by atoms with Crippen LogP contribution >= 0.6 is 11.3 Å². The van der Waals surface area contributed by atoms with E-state index in [0.717, 1.165) is 12.1 Å². The van der Waals surface area contributed by atoms with E-state index in [-0.39, 0.29) is 12.1 Å². The van der Waals surface area contributed by atoms with Crippen LogP contribution < -0.4 is 16.6 Å². The van der Waals surface area contributed by atoms with Gasteiger partial charge in [-0.2, -0.15) is 13.2 Å². The molecule has 0 fully saturated rings. The minimum Gasteiger partial charge on any atom is -0.346 e. The number of para-hydroxylation sites is 1. The summed E-state index contributed by atoms with van der Waals surface area (Å²) in [7, 11) is 0. The van der Waals surface area contributed by atoms with Gasteiger partial charge in [0, 0.05) is 5.38 Å². The number of aromatic nitrogens is 1. The Morgan fingerprint density at radius 1 is 1.38 bits per heavy atom. The fourth-order valence-electron chi connectivity index (χ4n) is 1.72. The number of nitrogen functional groups attached to an aromatic ring is 1. The molecular weight excluding hydrogens is 305 g/mol. The Labute approximate surface area is 122 Å². The summed E-state index contributed by atoms with van der Waals surface area (Å²) in [4.78, 5) is 16.0. The standard InChI is InChI=1S/C12H11F3N4OS/c13-12(14,15)9-3-1-2-8(10(9)19-16)11(20)17-4-7-5-21-6-18-7/h1-3,5-6,19H,4,16H2,(H,17,20). The minimum atomic E-state index is -4.60. The van der Waals surface area contributed by atoms with Crippen molar-refractivity contribution >= 4 is 22.9 Å². The maximum Gasteiger partial charge on any atom is 0.418 e. The summed E-state index contributed by atoms with van der Waals surface area (Å²) in [6.07, 6.45) is -4.60. The molecule has 0 aliphatic carbocycles. The molecule has 0 atom stereocenters. The van der Waals surface area contributed by atoms with Gasteiger partial charge < -0.3 is 10.7 Å². The third kappa shape index (κ3) is 3.50. The van der Waals surface area contributed by atoms with Gasteiger partial charge in [0.25, 0.3) is 5.91 Å². The van der Waals surface area contributed by atoms with Crippen LogP contribution in [0.3, 0.4) is 0 Å². The Kier molecular flexibility index (Phi) is 4.43. The van der Waals surface area contributed by atoms with Crippen molar-refractivity contribution in [3.63, 3.8) is 0 Å². The van der Waals surface area contributed by atoms with Gasteiger partial charge in [0.2, 0.25) is 0 Å². The zero-order valence-electron chi connectivity index (χ0n) is 10.6. The van der Waals surface area contributed by atoms with E-state index in [9.17, 15) is 18.0 Å². The number of thiazole rings is 1. The van der Waals surface area contributed by atoms with E-state index in [2.05, 4.69) is 10.3 Å². The number of anilines is 1. The second-order valence-corrected chi connectivity index (χ2v) is 4.75. The molecule has 0 spiro atoms. The lowest BCUT2D eigenvalue weighted by atomic mass is 10.1. The Bertz CT molecular complexity index is 628. The van der Waals surface area contributed by atoms with Gasteiger partial charge in [0.05, 0.1) is 34.6 Å². The summed E-state index contributed by atoms with van der Waals surface area (Å²) in [5.41, 5.74) is 2.54. The van der Waals surface area contributed by atoms with Crippen LogP contribution in [0.15, 0.2) is 29.1 Å². The van der Waals surface area contributed by atoms with Gasteiger partial charge in [-0.3, -0.25) is 10.6 Å². The molecule has 9 heteroatoms. The summed E-state index contributed by atoms with van der Waals surface area (Å²) in [6.45, 7) is 0.128. The number of amides is 1. The summed E-state index contributed by atoms with van der Waals surface area (Å²) in [6, 6.07) is 3.27. The molecule has 21 heavy (non-hydrogen) atoms. The number of halogens is 3. The summed E-state index contributed by atoms with van der Waals surface area (Å²) in [5.74, 6) is 4.47. The molecule has 1 aromatic heterocycles. The molecule has 0 radical (unpaired) electrons. The molecule has 2 rings (SSSR count). The fraction of sp³-hybridized carbons (Fsp3) is 0.167. The van der Waals surface area contributed by atoms with Crippen molar-refractivity contribution in [3.05, 3.63) is 45.9 Å². The van der Waals surface area contributed by atoms with E-state index in [0.29, 0.717) is 5.69 Å². The fourth-order valence-corrected chi connectivity index (χ4v) is 2.28. The van der Waals surface area contributed by atoms with Crippen molar-refractivity contribution in [2.45, 2.75) is 12.7 Å². The number of rotatable bonds is 4. The van der Waals surface area contributed by atoms with Crippen LogP contribution in [0, 0.1) is 0 Å². The predicted molar refractivity (Wildman–Crippen MR) is 72.5 cm³/mol. The highest BCUT2D eigenvalue weighted by atomic mass is 32.1. The van der Waals surface area contributed by atoms with Crippen molar-refractivity contribution in [1.29, 1.82) is 0 Å². The van der Waals surface area contributed by atoms with Gasteiger partial charge >= 0.3 is 6.18 Å². The first kappa shape index (κ1) is 15.3. The van der Waals surface area contributed by atoms with E-state index in [4.69, 9.17) is 5.84 Å². The van der Waals surface area contributed by atoms with Crippen molar-refractivity contribution in [2.24, 2.45) is 5.84 Å². The normalized spacial score (nSPS) is 11.2. The van der Waals surface area contributed by atoms with Crippen LogP contribution in [-0.2, 0) is 12.7 Å². The van der Waals surface area contributed by atoms with E-state index in [1.807, 2.05) is 5.43 Å². The Morgan fingerprint density at radius 3 is 2.71 bits per heavy atom. The molecule has 1 amide bonds. The third-order valence-corrected chi connectivity index (χ3v) is 3.31. The SMILES string of the molecule is NNc1c(C(=O)NCc2cscn2)cccc1C(F)(F)F. The van der Waals surface area contributed by atoms with E-state index >= 15 is 0 Å². The lowest BCUT2D eigenvalue weighted by Gasteiger charge is -2.15. The number of hydrogen-bond donors (Lipinski definition) is 3. The molecule has 0 aliphatic heterocycles. The molecule has 2 aromatic rings. The highest BCUT2D eigenvalue weighted by molar-refractivity contribution is 7.07. The highest BCUT2D eigenvalue weighted by Gasteiger charge is 2.35. The third-order valence-electron chi connectivity index (χ3n) is 2.67. The quantitative estimate of drug-likeness (QED) is 0.597. The van der Waals surface area contributed by atoms with E-state index in [1.165, 1.54) is 17.4 Å². The number of nitrogens with one attached hydrogen (secondary N) is 2. The number of benzene rings is 1. The second-order valence-electron chi connectivity index (χ2n) is 4.03. The molecule has 0 unspecified atom stereocenters. The van der Waals surface area contributed by atoms with E-state index < -0.39 is 23.3 Å². The topological polar surface area (TPSA) is 80.0 Å². The lowest BCUT2D eigenvalue weighted by Crippen LogP contribution is -2.26. The second kappa shape index (κ2) is 6.10. The van der Waals surface area contributed by atoms with Crippen LogP contribution in [0.1, 0.15) is 21.6 Å². The highest BCUT2D eigenvalue weighted by Crippen LogP contribution is 2.36. The molecular formula is C12H11F3N4OS. The van der Waals surface area contributed by atoms with Crippen LogP contribution in [0.25, 0.3) is 0 Å². The van der Waals surface area contributed by atoms with Gasteiger partial charge in [-0.25, -0.2) is 4.98 Å². The number of carbonyl (C=O) groups is 1. The molecule has 0 aliphatic rings. The van der Waals surface area contributed by atoms with Crippen molar-refractivity contribution in [3.8, 4) is 0 Å². The minimum absolute atomic E-state index is 0.128. The molecule has 0 saturated carbocycles. The van der Waals surface area contributed by atoms with Crippen LogP contribution in [0.4, 0.5) is 18.9 Å². The zero-order chi connectivity index (χ0) is 15.5. The Balaban J connectivity index is 2.24. The van der Waals surface area contributed by atoms with E-state index in [1.54, 1.807) is 10.9 Å². The lowest BCUT2D eigenvalue weighted by molar-refractivity contribution is -0.137. The number of nitrogens with zero attached hydrogens (tertiary/aromatic N) is 1. The Hall–Kier alpha value is -2.13. The molecule has 1 aromatic carbocycles. The van der Waals surface area contributed by atoms with Gasteiger partial charge in [-0.1, -0.05) is 6.07 Å². The monoisotopic (exact) mass is 316 g/mol. The van der Waals surface area contributed by atoms with Gasteiger partial charge in [0.15, 0.2) is 0 Å². The van der Waals surface area contributed by atoms with Gasteiger partial charge in [0.1, 0.15) is 0 Å². The number of carbonyl (C=O) groups excluding carboxylic acids is 1. The van der Waals surface area contributed by atoms with Gasteiger partial charge in [-0.15, -0.1) is 11.3 Å². The zero-order valence-corrected chi connectivity index (χ0v) is 11.4. The smallest absolute Gasteiger partial charge is 0.346 e. The Morgan fingerprint density at radius 2 is 2.14 bits per heavy atom. The molecule has 112 valence electrons. The average Bonchev–Trinajstić information content (AvgIpc) is 2.96. The van der Waals surface area contributed by atoms with Crippen LogP contribution in [-0.4, -0.2) is 10.9 Å². The maximum absolute atomic E-state index is 12.9. The first-order valence-electron chi connectivity index (χ1n) is 5.75. The summed E-state index contributed by atoms with van der Waals surface area (Å²) < 4.78 is 38.6. The molecule has 0 bridgehead atoms. The first-order valence-corrected chi connectivity index (χ1v) is 6.70. The maximum atomic E-state index is 12.9. The average molecular weight is 316 g/mol. The van der Waals surface area contributed by atoms with Crippen LogP contribution in [0.5, 0.6) is 0 Å². The number of hydrogen-bond acceptors (Lipinski definition) is 5. The first-order chi connectivity index (χ1) is 9.93. The molecule has 4 N–H and O–H groups in total. The van der Waals surface area contributed by atoms with Gasteiger partial charge in [-0.05, 0) is 12.1 Å². The summed E-state index contributed by atoms with van der Waals surface area (Å²) >= 11 is 1.36. The predicted octanol–water partition coefficient (Wildman–Crippen LogP) is 2.38. The number of alkyl halides is 3. The van der Waals surface area contributed by atoms with Crippen molar-refractivity contribution in [1.82, 2.24) is 10.3 Å². The largest absolute Gasteiger partial charge is 0.418 e.